The van der Waals surface area contributed by atoms with Gasteiger partial charge in [-0.3, -0.25) is 10.1 Å². The first kappa shape index (κ1) is 16.5. The number of benzene rings is 3. The van der Waals surface area contributed by atoms with Crippen LogP contribution in [-0.2, 0) is 0 Å². The van der Waals surface area contributed by atoms with E-state index < -0.39 is 6.09 Å². The maximum Gasteiger partial charge on any atom is 0.417 e. The second-order valence-electron chi connectivity index (χ2n) is 5.54. The third kappa shape index (κ3) is 4.32. The van der Waals surface area contributed by atoms with Crippen LogP contribution in [0.5, 0.6) is 5.75 Å². The zero-order chi connectivity index (χ0) is 17.6. The first-order chi connectivity index (χ1) is 12.1. The van der Waals surface area contributed by atoms with Crippen molar-refractivity contribution in [3.63, 3.8) is 0 Å². The van der Waals surface area contributed by atoms with E-state index in [0.717, 1.165) is 11.1 Å². The van der Waals surface area contributed by atoms with Crippen LogP contribution >= 0.6 is 0 Å². The lowest BCUT2D eigenvalue weighted by atomic mass is 10.1. The van der Waals surface area contributed by atoms with Crippen molar-refractivity contribution in [2.45, 2.75) is 6.92 Å². The summed E-state index contributed by atoms with van der Waals surface area (Å²) >= 11 is 0. The van der Waals surface area contributed by atoms with Gasteiger partial charge in [0, 0.05) is 11.3 Å². The Bertz CT molecular complexity index is 887. The zero-order valence-electron chi connectivity index (χ0n) is 13.7. The minimum atomic E-state index is -0.604. The summed E-state index contributed by atoms with van der Waals surface area (Å²) in [6.45, 7) is 1.48. The van der Waals surface area contributed by atoms with E-state index in [-0.39, 0.29) is 5.78 Å². The molecule has 0 unspecified atom stereocenters. The maximum absolute atomic E-state index is 12.0. The van der Waals surface area contributed by atoms with E-state index in [1.54, 1.807) is 36.4 Å². The number of rotatable bonds is 4. The minimum Gasteiger partial charge on any atom is -0.410 e. The van der Waals surface area contributed by atoms with Gasteiger partial charge in [0.25, 0.3) is 0 Å². The quantitative estimate of drug-likeness (QED) is 0.671. The van der Waals surface area contributed by atoms with Gasteiger partial charge in [0.2, 0.25) is 0 Å². The van der Waals surface area contributed by atoms with Gasteiger partial charge in [-0.25, -0.2) is 4.79 Å². The Morgan fingerprint density at radius 2 is 1.48 bits per heavy atom. The molecule has 0 radical (unpaired) electrons. The average molecular weight is 331 g/mol. The van der Waals surface area contributed by atoms with Crippen LogP contribution in [0.15, 0.2) is 78.9 Å². The molecule has 1 N–H and O–H groups in total. The monoisotopic (exact) mass is 331 g/mol. The molecule has 0 aromatic heterocycles. The van der Waals surface area contributed by atoms with E-state index in [2.05, 4.69) is 5.32 Å². The maximum atomic E-state index is 12.0. The molecule has 3 aromatic rings. The summed E-state index contributed by atoms with van der Waals surface area (Å²) in [5.41, 5.74) is 3.19. The van der Waals surface area contributed by atoms with Crippen LogP contribution in [0, 0.1) is 0 Å². The summed E-state index contributed by atoms with van der Waals surface area (Å²) in [6.07, 6.45) is -0.604. The van der Waals surface area contributed by atoms with Crippen LogP contribution in [0.25, 0.3) is 11.1 Å². The number of ketones is 1. The highest BCUT2D eigenvalue weighted by Gasteiger charge is 2.07. The SMILES string of the molecule is CC(=O)c1cccc(NC(=O)Oc2ccc(-c3ccccc3)cc2)c1. The summed E-state index contributed by atoms with van der Waals surface area (Å²) in [5.74, 6) is 0.383. The van der Waals surface area contributed by atoms with Gasteiger partial charge in [0.05, 0.1) is 0 Å². The number of amides is 1. The van der Waals surface area contributed by atoms with E-state index in [1.807, 2.05) is 42.5 Å². The number of hydrogen-bond acceptors (Lipinski definition) is 3. The van der Waals surface area contributed by atoms with Gasteiger partial charge in [-0.2, -0.15) is 0 Å². The predicted molar refractivity (Wildman–Crippen MR) is 98.0 cm³/mol. The van der Waals surface area contributed by atoms with Gasteiger partial charge in [0.1, 0.15) is 5.75 Å². The molecule has 4 nitrogen and oxygen atoms in total. The van der Waals surface area contributed by atoms with E-state index >= 15 is 0 Å². The van der Waals surface area contributed by atoms with Crippen LogP contribution < -0.4 is 10.1 Å². The lowest BCUT2D eigenvalue weighted by Crippen LogP contribution is -2.16. The van der Waals surface area contributed by atoms with E-state index in [1.165, 1.54) is 6.92 Å². The summed E-state index contributed by atoms with van der Waals surface area (Å²) < 4.78 is 5.27. The van der Waals surface area contributed by atoms with Crippen molar-refractivity contribution in [2.75, 3.05) is 5.32 Å². The molecule has 1 amide bonds. The van der Waals surface area contributed by atoms with E-state index in [4.69, 9.17) is 4.74 Å². The van der Waals surface area contributed by atoms with Crippen LogP contribution in [0.4, 0.5) is 10.5 Å². The summed E-state index contributed by atoms with van der Waals surface area (Å²) in [5, 5.41) is 2.62. The van der Waals surface area contributed by atoms with Gasteiger partial charge in [-0.15, -0.1) is 0 Å². The van der Waals surface area contributed by atoms with Crippen LogP contribution in [0.3, 0.4) is 0 Å². The Labute approximate surface area is 146 Å². The van der Waals surface area contributed by atoms with Gasteiger partial charge >= 0.3 is 6.09 Å². The molecule has 3 aromatic carbocycles. The van der Waals surface area contributed by atoms with Gasteiger partial charge < -0.3 is 4.74 Å². The molecule has 124 valence electrons. The van der Waals surface area contributed by atoms with Crippen LogP contribution in [0.1, 0.15) is 17.3 Å². The third-order valence-electron chi connectivity index (χ3n) is 3.69. The van der Waals surface area contributed by atoms with Crippen molar-refractivity contribution in [2.24, 2.45) is 0 Å². The van der Waals surface area contributed by atoms with Crippen molar-refractivity contribution in [1.82, 2.24) is 0 Å². The minimum absolute atomic E-state index is 0.0616. The van der Waals surface area contributed by atoms with Crippen LogP contribution in [0.2, 0.25) is 0 Å². The fourth-order valence-electron chi connectivity index (χ4n) is 2.41. The Balaban J connectivity index is 1.65. The van der Waals surface area contributed by atoms with Gasteiger partial charge in [-0.05, 0) is 42.3 Å². The molecule has 0 bridgehead atoms. The highest BCUT2D eigenvalue weighted by molar-refractivity contribution is 5.96. The summed E-state index contributed by atoms with van der Waals surface area (Å²) in [6, 6.07) is 24.0. The zero-order valence-corrected chi connectivity index (χ0v) is 13.7. The van der Waals surface area contributed by atoms with E-state index in [9.17, 15) is 9.59 Å². The predicted octanol–water partition coefficient (Wildman–Crippen LogP) is 5.17. The first-order valence-corrected chi connectivity index (χ1v) is 7.87. The Morgan fingerprint density at radius 3 is 2.16 bits per heavy atom. The van der Waals surface area contributed by atoms with Crippen molar-refractivity contribution in [3.8, 4) is 16.9 Å². The summed E-state index contributed by atoms with van der Waals surface area (Å²) in [4.78, 5) is 23.4. The number of anilines is 1. The molecule has 0 atom stereocenters. The topological polar surface area (TPSA) is 55.4 Å². The number of hydrogen-bond donors (Lipinski definition) is 1. The Kier molecular flexibility index (Phi) is 4.90. The van der Waals surface area contributed by atoms with Crippen molar-refractivity contribution < 1.29 is 14.3 Å². The van der Waals surface area contributed by atoms with Crippen molar-refractivity contribution in [1.29, 1.82) is 0 Å². The molecule has 0 aliphatic carbocycles. The van der Waals surface area contributed by atoms with Crippen molar-refractivity contribution >= 4 is 17.6 Å². The van der Waals surface area contributed by atoms with Crippen molar-refractivity contribution in [3.05, 3.63) is 84.4 Å². The number of carbonyl (C=O) groups excluding carboxylic acids is 2. The highest BCUT2D eigenvalue weighted by Crippen LogP contribution is 2.22. The smallest absolute Gasteiger partial charge is 0.410 e. The molecule has 0 aliphatic heterocycles. The molecule has 0 aliphatic rings. The fraction of sp³-hybridized carbons (Fsp3) is 0.0476. The molecule has 0 saturated heterocycles. The molecule has 0 fully saturated rings. The Hall–Kier alpha value is -3.40. The number of nitrogens with one attached hydrogen (secondary N) is 1. The second-order valence-corrected chi connectivity index (χ2v) is 5.54. The lowest BCUT2D eigenvalue weighted by molar-refractivity contribution is 0.101. The molecule has 0 saturated carbocycles. The molecule has 0 spiro atoms. The fourth-order valence-corrected chi connectivity index (χ4v) is 2.41. The van der Waals surface area contributed by atoms with Gasteiger partial charge in [-0.1, -0.05) is 54.6 Å². The molecule has 25 heavy (non-hydrogen) atoms. The standard InChI is InChI=1S/C21H17NO3/c1-15(23)18-8-5-9-19(14-18)22-21(24)25-20-12-10-17(11-13-20)16-6-3-2-4-7-16/h2-14H,1H3,(H,22,24). The Morgan fingerprint density at radius 1 is 0.800 bits per heavy atom. The van der Waals surface area contributed by atoms with Gasteiger partial charge in [0.15, 0.2) is 5.78 Å². The average Bonchev–Trinajstić information content (AvgIpc) is 2.63. The number of ether oxygens (including phenoxy) is 1. The highest BCUT2D eigenvalue weighted by atomic mass is 16.6. The third-order valence-corrected chi connectivity index (χ3v) is 3.69. The lowest BCUT2D eigenvalue weighted by Gasteiger charge is -2.08. The molecular formula is C21H17NO3. The molecule has 4 heteroatoms. The first-order valence-electron chi connectivity index (χ1n) is 7.87. The van der Waals surface area contributed by atoms with E-state index in [0.29, 0.717) is 17.0 Å². The normalized spacial score (nSPS) is 10.1. The molecule has 0 heterocycles. The summed E-state index contributed by atoms with van der Waals surface area (Å²) in [7, 11) is 0. The molecule has 3 rings (SSSR count). The molecular weight excluding hydrogens is 314 g/mol. The van der Waals surface area contributed by atoms with Crippen LogP contribution in [-0.4, -0.2) is 11.9 Å². The number of Topliss-reactive ketones (excluding diaryl/α,β-unsaturated/α-hetero) is 1. The largest absolute Gasteiger partial charge is 0.417 e. The second kappa shape index (κ2) is 7.45. The number of carbonyl (C=O) groups is 2.